The number of aromatic nitrogens is 3. The molecule has 0 saturated carbocycles. The second-order valence-corrected chi connectivity index (χ2v) is 9.49. The van der Waals surface area contributed by atoms with Crippen LogP contribution < -0.4 is 16.0 Å². The van der Waals surface area contributed by atoms with Crippen LogP contribution in [0.2, 0.25) is 10.0 Å². The van der Waals surface area contributed by atoms with Gasteiger partial charge in [0.1, 0.15) is 0 Å². The van der Waals surface area contributed by atoms with Gasteiger partial charge < -0.3 is 16.0 Å². The number of nitrogens with one attached hydrogen (secondary N) is 3. The second kappa shape index (κ2) is 11.4. The number of carbonyl (C=O) groups excluding carboxylic acids is 1. The molecule has 1 aromatic heterocycles. The first-order chi connectivity index (χ1) is 16.8. The number of amides is 1. The smallest absolute Gasteiger partial charge is 0.234 e. The van der Waals surface area contributed by atoms with Crippen molar-refractivity contribution in [2.45, 2.75) is 19.0 Å². The van der Waals surface area contributed by atoms with Gasteiger partial charge >= 0.3 is 0 Å². The Kier molecular flexibility index (Phi) is 8.07. The van der Waals surface area contributed by atoms with Crippen LogP contribution in [0.3, 0.4) is 0 Å². The number of halogens is 2. The SMILES string of the molecule is Cc1ccc(Nc2nc(Nc3ccc(C)cc3)nc(SCC(=O)Nc3ccc(Cl)cc3Cl)n2)cc1. The van der Waals surface area contributed by atoms with E-state index in [2.05, 4.69) is 30.9 Å². The van der Waals surface area contributed by atoms with E-state index in [9.17, 15) is 4.79 Å². The Balaban J connectivity index is 1.51. The fourth-order valence-corrected chi connectivity index (χ4v) is 4.06. The summed E-state index contributed by atoms with van der Waals surface area (Å²) in [5.74, 6) is 0.557. The first-order valence-electron chi connectivity index (χ1n) is 10.7. The van der Waals surface area contributed by atoms with Crippen molar-refractivity contribution in [2.75, 3.05) is 21.7 Å². The van der Waals surface area contributed by atoms with Gasteiger partial charge in [-0.1, -0.05) is 70.4 Å². The number of rotatable bonds is 8. The molecule has 1 heterocycles. The van der Waals surface area contributed by atoms with Crippen molar-refractivity contribution in [1.82, 2.24) is 15.0 Å². The lowest BCUT2D eigenvalue weighted by molar-refractivity contribution is -0.113. The summed E-state index contributed by atoms with van der Waals surface area (Å²) in [6.07, 6.45) is 0. The van der Waals surface area contributed by atoms with Gasteiger partial charge in [-0.3, -0.25) is 4.79 Å². The lowest BCUT2D eigenvalue weighted by atomic mass is 10.2. The van der Waals surface area contributed by atoms with Gasteiger partial charge in [0.25, 0.3) is 0 Å². The van der Waals surface area contributed by atoms with E-state index in [1.165, 1.54) is 11.8 Å². The monoisotopic (exact) mass is 524 g/mol. The molecule has 35 heavy (non-hydrogen) atoms. The third-order valence-electron chi connectivity index (χ3n) is 4.77. The van der Waals surface area contributed by atoms with E-state index in [1.807, 2.05) is 62.4 Å². The largest absolute Gasteiger partial charge is 0.324 e. The van der Waals surface area contributed by atoms with Crippen LogP contribution in [0.1, 0.15) is 11.1 Å². The molecule has 0 fully saturated rings. The molecule has 0 bridgehead atoms. The molecule has 0 spiro atoms. The summed E-state index contributed by atoms with van der Waals surface area (Å²) < 4.78 is 0. The van der Waals surface area contributed by atoms with Crippen molar-refractivity contribution in [3.8, 4) is 0 Å². The van der Waals surface area contributed by atoms with E-state index in [4.69, 9.17) is 23.2 Å². The topological polar surface area (TPSA) is 91.8 Å². The Bertz CT molecular complexity index is 1270. The van der Waals surface area contributed by atoms with Crippen molar-refractivity contribution >= 4 is 69.8 Å². The summed E-state index contributed by atoms with van der Waals surface area (Å²) >= 11 is 13.3. The van der Waals surface area contributed by atoms with Crippen molar-refractivity contribution in [2.24, 2.45) is 0 Å². The number of thioether (sulfide) groups is 1. The summed E-state index contributed by atoms with van der Waals surface area (Å²) in [5, 5.41) is 10.4. The van der Waals surface area contributed by atoms with Crippen LogP contribution in [0.25, 0.3) is 0 Å². The molecule has 0 saturated heterocycles. The molecule has 3 aromatic carbocycles. The van der Waals surface area contributed by atoms with Crippen LogP contribution in [0.4, 0.5) is 29.0 Å². The van der Waals surface area contributed by atoms with Gasteiger partial charge in [0.15, 0.2) is 5.16 Å². The summed E-state index contributed by atoms with van der Waals surface area (Å²) in [5.41, 5.74) is 4.47. The number of aryl methyl sites for hydroxylation is 2. The van der Waals surface area contributed by atoms with Crippen LogP contribution in [0.15, 0.2) is 71.9 Å². The quantitative estimate of drug-likeness (QED) is 0.213. The van der Waals surface area contributed by atoms with Crippen LogP contribution in [-0.4, -0.2) is 26.6 Å². The number of carbonyl (C=O) groups is 1. The highest BCUT2D eigenvalue weighted by atomic mass is 35.5. The number of nitrogens with zero attached hydrogens (tertiary/aromatic N) is 3. The van der Waals surface area contributed by atoms with Gasteiger partial charge in [0.2, 0.25) is 17.8 Å². The summed E-state index contributed by atoms with van der Waals surface area (Å²) in [4.78, 5) is 26.0. The minimum Gasteiger partial charge on any atom is -0.324 e. The molecular weight excluding hydrogens is 503 g/mol. The van der Waals surface area contributed by atoms with Crippen LogP contribution in [-0.2, 0) is 4.79 Å². The average Bonchev–Trinajstić information content (AvgIpc) is 2.82. The highest BCUT2D eigenvalue weighted by molar-refractivity contribution is 7.99. The molecule has 7 nitrogen and oxygen atoms in total. The minimum atomic E-state index is -0.249. The molecule has 0 aliphatic rings. The molecule has 4 aromatic rings. The Hall–Kier alpha value is -3.33. The summed E-state index contributed by atoms with van der Waals surface area (Å²) in [6.45, 7) is 4.04. The maximum Gasteiger partial charge on any atom is 0.234 e. The Morgan fingerprint density at radius 3 is 1.86 bits per heavy atom. The van der Waals surface area contributed by atoms with Crippen molar-refractivity contribution < 1.29 is 4.79 Å². The molecule has 0 unspecified atom stereocenters. The van der Waals surface area contributed by atoms with Crippen molar-refractivity contribution in [1.29, 1.82) is 0 Å². The van der Waals surface area contributed by atoms with E-state index in [-0.39, 0.29) is 11.7 Å². The molecule has 178 valence electrons. The minimum absolute atomic E-state index is 0.0803. The predicted octanol–water partition coefficient (Wildman–Crippen LogP) is 7.01. The Labute approximate surface area is 217 Å². The van der Waals surface area contributed by atoms with Gasteiger partial charge in [-0.25, -0.2) is 0 Å². The molecule has 0 aliphatic carbocycles. The maximum absolute atomic E-state index is 12.5. The van der Waals surface area contributed by atoms with Gasteiger partial charge in [-0.2, -0.15) is 15.0 Å². The maximum atomic E-state index is 12.5. The van der Waals surface area contributed by atoms with Gasteiger partial charge in [0, 0.05) is 16.4 Å². The molecule has 10 heteroatoms. The van der Waals surface area contributed by atoms with E-state index in [0.29, 0.717) is 32.8 Å². The lowest BCUT2D eigenvalue weighted by Crippen LogP contribution is -2.15. The average molecular weight is 525 g/mol. The molecule has 0 aliphatic heterocycles. The Morgan fingerprint density at radius 2 is 1.34 bits per heavy atom. The first-order valence-corrected chi connectivity index (χ1v) is 12.4. The molecule has 0 atom stereocenters. The third-order valence-corrected chi connectivity index (χ3v) is 6.16. The Morgan fingerprint density at radius 1 is 0.800 bits per heavy atom. The summed E-state index contributed by atoms with van der Waals surface area (Å²) in [6, 6.07) is 20.7. The lowest BCUT2D eigenvalue weighted by Gasteiger charge is -2.11. The predicted molar refractivity (Wildman–Crippen MR) is 145 cm³/mol. The number of hydrogen-bond donors (Lipinski definition) is 3. The fraction of sp³-hybridized carbons (Fsp3) is 0.120. The summed E-state index contributed by atoms with van der Waals surface area (Å²) in [7, 11) is 0. The molecule has 3 N–H and O–H groups in total. The van der Waals surface area contributed by atoms with Crippen LogP contribution in [0, 0.1) is 13.8 Å². The van der Waals surface area contributed by atoms with E-state index < -0.39 is 0 Å². The number of benzene rings is 3. The normalized spacial score (nSPS) is 10.6. The van der Waals surface area contributed by atoms with Gasteiger partial charge in [-0.15, -0.1) is 0 Å². The standard InChI is InChI=1S/C25H22Cl2N6OS/c1-15-3-8-18(9-4-15)28-23-31-24(29-19-10-5-16(2)6-11-19)33-25(32-23)35-14-22(34)30-21-12-7-17(26)13-20(21)27/h3-13H,14H2,1-2H3,(H,30,34)(H2,28,29,31,32,33). The van der Waals surface area contributed by atoms with Crippen molar-refractivity contribution in [3.05, 3.63) is 87.9 Å². The highest BCUT2D eigenvalue weighted by Crippen LogP contribution is 2.26. The second-order valence-electron chi connectivity index (χ2n) is 7.71. The van der Waals surface area contributed by atoms with E-state index >= 15 is 0 Å². The molecular formula is C25H22Cl2N6OS. The van der Waals surface area contributed by atoms with Gasteiger partial charge in [-0.05, 0) is 56.3 Å². The zero-order valence-electron chi connectivity index (χ0n) is 19.0. The first kappa shape index (κ1) is 24.8. The fourth-order valence-electron chi connectivity index (χ4n) is 2.97. The highest BCUT2D eigenvalue weighted by Gasteiger charge is 2.12. The molecule has 1 amide bonds. The van der Waals surface area contributed by atoms with E-state index in [0.717, 1.165) is 22.5 Å². The van der Waals surface area contributed by atoms with Crippen LogP contribution in [0.5, 0.6) is 0 Å². The van der Waals surface area contributed by atoms with Crippen molar-refractivity contribution in [3.63, 3.8) is 0 Å². The number of anilines is 5. The molecule has 4 rings (SSSR count). The molecule has 0 radical (unpaired) electrons. The van der Waals surface area contributed by atoms with Gasteiger partial charge in [0.05, 0.1) is 16.5 Å². The van der Waals surface area contributed by atoms with Crippen LogP contribution >= 0.6 is 35.0 Å². The zero-order chi connectivity index (χ0) is 24.8. The number of hydrogen-bond acceptors (Lipinski definition) is 7. The zero-order valence-corrected chi connectivity index (χ0v) is 21.3. The van der Waals surface area contributed by atoms with E-state index in [1.54, 1.807) is 18.2 Å². The third kappa shape index (κ3) is 7.32.